The van der Waals surface area contributed by atoms with Gasteiger partial charge in [-0.05, 0) is 30.7 Å². The summed E-state index contributed by atoms with van der Waals surface area (Å²) in [6.45, 7) is 1.42. The first-order valence-electron chi connectivity index (χ1n) is 7.35. The molecule has 0 aliphatic carbocycles. The normalized spacial score (nSPS) is 21.2. The lowest BCUT2D eigenvalue weighted by molar-refractivity contribution is -0.142. The van der Waals surface area contributed by atoms with Crippen molar-refractivity contribution in [3.05, 3.63) is 47.7 Å². The minimum absolute atomic E-state index is 0.299. The molecule has 3 rings (SSSR count). The van der Waals surface area contributed by atoms with E-state index >= 15 is 0 Å². The third kappa shape index (κ3) is 2.97. The molecule has 2 aromatic rings. The van der Waals surface area contributed by atoms with Crippen molar-refractivity contribution in [1.82, 2.24) is 4.90 Å². The summed E-state index contributed by atoms with van der Waals surface area (Å²) < 4.78 is 5.82. The van der Waals surface area contributed by atoms with Gasteiger partial charge < -0.3 is 15.3 Å². The van der Waals surface area contributed by atoms with Gasteiger partial charge in [-0.15, -0.1) is 0 Å². The molecule has 6 heteroatoms. The molecule has 0 radical (unpaired) electrons. The SMILES string of the molecule is N#Cc1ccccc1-c1ccc(CN2CC[C@@](N)(C(=O)O)C2)o1. The van der Waals surface area contributed by atoms with Crippen LogP contribution in [0.5, 0.6) is 0 Å². The largest absolute Gasteiger partial charge is 0.480 e. The highest BCUT2D eigenvalue weighted by atomic mass is 16.4. The number of carboxylic acid groups (broad SMARTS) is 1. The van der Waals surface area contributed by atoms with Gasteiger partial charge in [-0.3, -0.25) is 9.69 Å². The van der Waals surface area contributed by atoms with Crippen molar-refractivity contribution in [2.75, 3.05) is 13.1 Å². The topological polar surface area (TPSA) is 103 Å². The van der Waals surface area contributed by atoms with Crippen LogP contribution in [0, 0.1) is 11.3 Å². The van der Waals surface area contributed by atoms with Crippen molar-refractivity contribution >= 4 is 5.97 Å². The second-order valence-corrected chi connectivity index (χ2v) is 5.85. The number of carbonyl (C=O) groups is 1. The van der Waals surface area contributed by atoms with Crippen molar-refractivity contribution in [1.29, 1.82) is 5.26 Å². The molecule has 1 atom stereocenters. The fraction of sp³-hybridized carbons (Fsp3) is 0.294. The van der Waals surface area contributed by atoms with E-state index in [1.54, 1.807) is 6.07 Å². The molecule has 0 spiro atoms. The average molecular weight is 311 g/mol. The Balaban J connectivity index is 1.74. The van der Waals surface area contributed by atoms with Gasteiger partial charge in [-0.1, -0.05) is 12.1 Å². The van der Waals surface area contributed by atoms with Crippen LogP contribution in [0.2, 0.25) is 0 Å². The summed E-state index contributed by atoms with van der Waals surface area (Å²) in [5, 5.41) is 18.3. The molecule has 0 bridgehead atoms. The average Bonchev–Trinajstić information content (AvgIpc) is 3.15. The predicted octanol–water partition coefficient (Wildman–Crippen LogP) is 1.81. The predicted molar refractivity (Wildman–Crippen MR) is 83.3 cm³/mol. The Morgan fingerprint density at radius 2 is 2.17 bits per heavy atom. The highest BCUT2D eigenvalue weighted by Crippen LogP contribution is 2.27. The number of likely N-dealkylation sites (tertiary alicyclic amines) is 1. The van der Waals surface area contributed by atoms with Gasteiger partial charge in [-0.25, -0.2) is 0 Å². The van der Waals surface area contributed by atoms with Crippen LogP contribution >= 0.6 is 0 Å². The van der Waals surface area contributed by atoms with Crippen LogP contribution < -0.4 is 5.73 Å². The molecule has 1 aliphatic heterocycles. The summed E-state index contributed by atoms with van der Waals surface area (Å²) in [5.74, 6) is 0.388. The van der Waals surface area contributed by atoms with Crippen molar-refractivity contribution in [2.24, 2.45) is 5.73 Å². The lowest BCUT2D eigenvalue weighted by Gasteiger charge is -2.19. The Kier molecular flexibility index (Phi) is 3.90. The fourth-order valence-corrected chi connectivity index (χ4v) is 2.85. The van der Waals surface area contributed by atoms with Crippen molar-refractivity contribution in [3.8, 4) is 17.4 Å². The molecule has 1 aromatic carbocycles. The van der Waals surface area contributed by atoms with E-state index in [4.69, 9.17) is 20.5 Å². The third-order valence-electron chi connectivity index (χ3n) is 4.16. The maximum Gasteiger partial charge on any atom is 0.325 e. The van der Waals surface area contributed by atoms with Crippen LogP contribution in [0.1, 0.15) is 17.7 Å². The summed E-state index contributed by atoms with van der Waals surface area (Å²) in [6.07, 6.45) is 0.424. The number of carboxylic acids is 1. The minimum Gasteiger partial charge on any atom is -0.480 e. The first-order chi connectivity index (χ1) is 11.0. The molecule has 2 heterocycles. The molecule has 0 saturated carbocycles. The van der Waals surface area contributed by atoms with Gasteiger partial charge in [0.05, 0.1) is 18.2 Å². The van der Waals surface area contributed by atoms with Gasteiger partial charge in [-0.2, -0.15) is 5.26 Å². The molecule has 1 aliphatic rings. The van der Waals surface area contributed by atoms with Gasteiger partial charge in [0.15, 0.2) is 0 Å². The Bertz CT molecular complexity index is 777. The molecule has 3 N–H and O–H groups in total. The van der Waals surface area contributed by atoms with Gasteiger partial charge in [0.2, 0.25) is 0 Å². The Labute approximate surface area is 133 Å². The number of hydrogen-bond donors (Lipinski definition) is 2. The van der Waals surface area contributed by atoms with Crippen molar-refractivity contribution in [3.63, 3.8) is 0 Å². The van der Waals surface area contributed by atoms with E-state index in [1.807, 2.05) is 35.2 Å². The van der Waals surface area contributed by atoms with Crippen LogP contribution in [-0.2, 0) is 11.3 Å². The van der Waals surface area contributed by atoms with Crippen molar-refractivity contribution in [2.45, 2.75) is 18.5 Å². The number of benzene rings is 1. The Morgan fingerprint density at radius 3 is 2.87 bits per heavy atom. The number of furan rings is 1. The molecular formula is C17H17N3O3. The van der Waals surface area contributed by atoms with E-state index in [0.29, 0.717) is 37.4 Å². The summed E-state index contributed by atoms with van der Waals surface area (Å²) in [6, 6.07) is 13.1. The number of aliphatic carboxylic acids is 1. The molecular weight excluding hydrogens is 294 g/mol. The van der Waals surface area contributed by atoms with Crippen LogP contribution in [0.3, 0.4) is 0 Å². The lowest BCUT2D eigenvalue weighted by atomic mass is 10.0. The first-order valence-corrected chi connectivity index (χ1v) is 7.35. The molecule has 118 valence electrons. The summed E-state index contributed by atoms with van der Waals surface area (Å²) in [5.41, 5.74) is 6.00. The summed E-state index contributed by atoms with van der Waals surface area (Å²) in [4.78, 5) is 13.1. The zero-order chi connectivity index (χ0) is 16.4. The molecule has 1 aromatic heterocycles. The Morgan fingerprint density at radius 1 is 1.39 bits per heavy atom. The molecule has 0 unspecified atom stereocenters. The quantitative estimate of drug-likeness (QED) is 0.892. The van der Waals surface area contributed by atoms with E-state index < -0.39 is 11.5 Å². The van der Waals surface area contributed by atoms with Gasteiger partial charge in [0, 0.05) is 18.7 Å². The monoisotopic (exact) mass is 311 g/mol. The number of rotatable bonds is 4. The second kappa shape index (κ2) is 5.88. The summed E-state index contributed by atoms with van der Waals surface area (Å²) in [7, 11) is 0. The maximum absolute atomic E-state index is 11.2. The first kappa shape index (κ1) is 15.3. The fourth-order valence-electron chi connectivity index (χ4n) is 2.85. The van der Waals surface area contributed by atoms with Crippen LogP contribution in [0.15, 0.2) is 40.8 Å². The molecule has 6 nitrogen and oxygen atoms in total. The van der Waals surface area contributed by atoms with Gasteiger partial charge >= 0.3 is 5.97 Å². The zero-order valence-electron chi connectivity index (χ0n) is 12.5. The van der Waals surface area contributed by atoms with Crippen LogP contribution in [0.25, 0.3) is 11.3 Å². The van der Waals surface area contributed by atoms with E-state index in [1.165, 1.54) is 0 Å². The minimum atomic E-state index is -1.18. The zero-order valence-corrected chi connectivity index (χ0v) is 12.5. The molecule has 1 saturated heterocycles. The number of nitriles is 1. The number of nitrogens with zero attached hydrogens (tertiary/aromatic N) is 2. The van der Waals surface area contributed by atoms with E-state index in [-0.39, 0.29) is 0 Å². The number of nitrogens with two attached hydrogens (primary N) is 1. The smallest absolute Gasteiger partial charge is 0.325 e. The van der Waals surface area contributed by atoms with E-state index in [0.717, 1.165) is 11.3 Å². The van der Waals surface area contributed by atoms with Gasteiger partial charge in [0.1, 0.15) is 17.1 Å². The third-order valence-corrected chi connectivity index (χ3v) is 4.16. The van der Waals surface area contributed by atoms with Gasteiger partial charge in [0.25, 0.3) is 0 Å². The lowest BCUT2D eigenvalue weighted by Crippen LogP contribution is -2.49. The van der Waals surface area contributed by atoms with E-state index in [9.17, 15) is 4.79 Å². The highest BCUT2D eigenvalue weighted by molar-refractivity contribution is 5.79. The highest BCUT2D eigenvalue weighted by Gasteiger charge is 2.41. The van der Waals surface area contributed by atoms with Crippen LogP contribution in [0.4, 0.5) is 0 Å². The Hall–Kier alpha value is -2.62. The maximum atomic E-state index is 11.2. The van der Waals surface area contributed by atoms with Crippen LogP contribution in [-0.4, -0.2) is 34.6 Å². The number of hydrogen-bond acceptors (Lipinski definition) is 5. The second-order valence-electron chi connectivity index (χ2n) is 5.85. The summed E-state index contributed by atoms with van der Waals surface area (Å²) >= 11 is 0. The van der Waals surface area contributed by atoms with Crippen molar-refractivity contribution < 1.29 is 14.3 Å². The van der Waals surface area contributed by atoms with E-state index in [2.05, 4.69) is 6.07 Å². The molecule has 23 heavy (non-hydrogen) atoms. The molecule has 1 fully saturated rings. The standard InChI is InChI=1S/C17H17N3O3/c18-9-12-3-1-2-4-14(12)15-6-5-13(23-15)10-20-8-7-17(19,11-20)16(21)22/h1-6H,7-8,10-11,19H2,(H,21,22)/t17-/m0/s1. The molecule has 0 amide bonds.